The molecule has 0 aliphatic rings. The topological polar surface area (TPSA) is 78.4 Å². The van der Waals surface area contributed by atoms with Crippen LogP contribution in [0.1, 0.15) is 82.0 Å². The lowest BCUT2D eigenvalue weighted by atomic mass is 10.2. The third-order valence-electron chi connectivity index (χ3n) is 5.76. The van der Waals surface area contributed by atoms with Crippen LogP contribution in [0.15, 0.2) is 85.0 Å². The first-order valence-corrected chi connectivity index (χ1v) is 15.3. The average molecular weight is 553 g/mol. The van der Waals surface area contributed by atoms with E-state index in [0.717, 1.165) is 63.5 Å². The van der Waals surface area contributed by atoms with Gasteiger partial charge in [0.1, 0.15) is 5.75 Å². The first-order valence-electron chi connectivity index (χ1n) is 14.3. The fourth-order valence-electron chi connectivity index (χ4n) is 3.57. The summed E-state index contributed by atoms with van der Waals surface area (Å²) in [6, 6.07) is 6.40. The van der Waals surface area contributed by atoms with Gasteiger partial charge in [-0.3, -0.25) is 9.59 Å². The SMILES string of the molecule is CC/C=C\C/C=C\C/C=C\C/C=C\C/C=C\CCCCSC(CC)C(=O)NCCNC(=O)c1ccccc1O. The number of phenolic OH excluding ortho intramolecular Hbond substituents is 1. The first-order chi connectivity index (χ1) is 19.1. The molecule has 0 radical (unpaired) electrons. The Morgan fingerprint density at radius 3 is 1.95 bits per heavy atom. The number of hydrogen-bond acceptors (Lipinski definition) is 4. The maximum atomic E-state index is 12.5. The predicted octanol–water partition coefficient (Wildman–Crippen LogP) is 7.67. The van der Waals surface area contributed by atoms with Crippen LogP contribution in [0, 0.1) is 0 Å². The Labute approximate surface area is 240 Å². The molecule has 39 heavy (non-hydrogen) atoms. The van der Waals surface area contributed by atoms with Gasteiger partial charge < -0.3 is 15.7 Å². The zero-order valence-electron chi connectivity index (χ0n) is 23.8. The number of thioether (sulfide) groups is 1. The lowest BCUT2D eigenvalue weighted by Crippen LogP contribution is -2.38. The molecule has 0 fully saturated rings. The van der Waals surface area contributed by atoms with Crippen molar-refractivity contribution in [2.75, 3.05) is 18.8 Å². The Hall–Kier alpha value is -2.99. The number of hydrogen-bond donors (Lipinski definition) is 3. The minimum atomic E-state index is -0.351. The molecular formula is C33H48N2O3S. The highest BCUT2D eigenvalue weighted by atomic mass is 32.2. The predicted molar refractivity (Wildman–Crippen MR) is 168 cm³/mol. The summed E-state index contributed by atoms with van der Waals surface area (Å²) in [6.07, 6.45) is 31.3. The van der Waals surface area contributed by atoms with Crippen molar-refractivity contribution in [3.63, 3.8) is 0 Å². The van der Waals surface area contributed by atoms with Crippen LogP contribution >= 0.6 is 11.8 Å². The first kappa shape index (κ1) is 34.0. The van der Waals surface area contributed by atoms with E-state index in [0.29, 0.717) is 13.1 Å². The fraction of sp³-hybridized carbons (Fsp3) is 0.455. The Balaban J connectivity index is 2.05. The summed E-state index contributed by atoms with van der Waals surface area (Å²) >= 11 is 1.70. The average Bonchev–Trinajstić information content (AvgIpc) is 2.94. The van der Waals surface area contributed by atoms with Crippen molar-refractivity contribution in [1.82, 2.24) is 10.6 Å². The summed E-state index contributed by atoms with van der Waals surface area (Å²) in [4.78, 5) is 24.6. The van der Waals surface area contributed by atoms with E-state index in [-0.39, 0.29) is 28.4 Å². The van der Waals surface area contributed by atoms with Crippen molar-refractivity contribution >= 4 is 23.6 Å². The number of unbranched alkanes of at least 4 members (excludes halogenated alkanes) is 2. The molecule has 0 saturated carbocycles. The van der Waals surface area contributed by atoms with Crippen molar-refractivity contribution in [3.8, 4) is 5.75 Å². The summed E-state index contributed by atoms with van der Waals surface area (Å²) < 4.78 is 0. The Bertz CT molecular complexity index is 950. The number of carbonyl (C=O) groups excluding carboxylic acids is 2. The molecular weight excluding hydrogens is 504 g/mol. The molecule has 0 aromatic heterocycles. The summed E-state index contributed by atoms with van der Waals surface area (Å²) in [5.74, 6) is 0.567. The van der Waals surface area contributed by atoms with Crippen LogP contribution in [-0.2, 0) is 4.79 Å². The Morgan fingerprint density at radius 1 is 0.795 bits per heavy atom. The lowest BCUT2D eigenvalue weighted by molar-refractivity contribution is -0.120. The number of carbonyl (C=O) groups is 2. The van der Waals surface area contributed by atoms with E-state index in [1.165, 1.54) is 6.07 Å². The molecule has 0 spiro atoms. The van der Waals surface area contributed by atoms with Crippen LogP contribution < -0.4 is 10.6 Å². The second-order valence-corrected chi connectivity index (χ2v) is 10.3. The van der Waals surface area contributed by atoms with E-state index in [9.17, 15) is 14.7 Å². The number of aromatic hydroxyl groups is 1. The van der Waals surface area contributed by atoms with Crippen molar-refractivity contribution < 1.29 is 14.7 Å². The smallest absolute Gasteiger partial charge is 0.255 e. The zero-order valence-corrected chi connectivity index (χ0v) is 24.6. The van der Waals surface area contributed by atoms with Crippen molar-refractivity contribution in [2.45, 2.75) is 76.9 Å². The normalized spacial score (nSPS) is 12.9. The Morgan fingerprint density at radius 2 is 1.36 bits per heavy atom. The summed E-state index contributed by atoms with van der Waals surface area (Å²) in [7, 11) is 0. The number of benzene rings is 1. The second-order valence-electron chi connectivity index (χ2n) is 9.04. The highest BCUT2D eigenvalue weighted by Gasteiger charge is 2.16. The lowest BCUT2D eigenvalue weighted by Gasteiger charge is -2.15. The molecule has 2 amide bonds. The molecule has 1 aromatic rings. The molecule has 0 heterocycles. The van der Waals surface area contributed by atoms with Gasteiger partial charge in [-0.1, -0.05) is 86.7 Å². The van der Waals surface area contributed by atoms with Gasteiger partial charge in [0.15, 0.2) is 0 Å². The van der Waals surface area contributed by atoms with Gasteiger partial charge in [-0.25, -0.2) is 0 Å². The van der Waals surface area contributed by atoms with Gasteiger partial charge in [0.05, 0.1) is 10.8 Å². The van der Waals surface area contributed by atoms with Crippen LogP contribution in [0.25, 0.3) is 0 Å². The number of nitrogens with one attached hydrogen (secondary N) is 2. The van der Waals surface area contributed by atoms with E-state index in [1.54, 1.807) is 30.0 Å². The molecule has 6 heteroatoms. The van der Waals surface area contributed by atoms with Crippen LogP contribution in [-0.4, -0.2) is 41.0 Å². The Kier molecular flexibility index (Phi) is 21.0. The van der Waals surface area contributed by atoms with E-state index in [1.807, 2.05) is 6.92 Å². The van der Waals surface area contributed by atoms with Crippen LogP contribution in [0.4, 0.5) is 0 Å². The second kappa shape index (κ2) is 24.1. The van der Waals surface area contributed by atoms with Gasteiger partial charge in [-0.05, 0) is 75.7 Å². The number of allylic oxidation sites excluding steroid dienone is 10. The molecule has 1 atom stereocenters. The minimum absolute atomic E-state index is 0.0112. The third-order valence-corrected chi connectivity index (χ3v) is 7.24. The van der Waals surface area contributed by atoms with Crippen LogP contribution in [0.3, 0.4) is 0 Å². The van der Waals surface area contributed by atoms with Crippen LogP contribution in [0.2, 0.25) is 0 Å². The van der Waals surface area contributed by atoms with E-state index in [4.69, 9.17) is 0 Å². The summed E-state index contributed by atoms with van der Waals surface area (Å²) in [5, 5.41) is 15.3. The van der Waals surface area contributed by atoms with E-state index < -0.39 is 0 Å². The maximum Gasteiger partial charge on any atom is 0.255 e. The molecule has 0 saturated heterocycles. The number of para-hydroxylation sites is 1. The molecule has 1 rings (SSSR count). The molecule has 1 unspecified atom stereocenters. The quantitative estimate of drug-likeness (QED) is 0.108. The molecule has 0 aliphatic carbocycles. The fourth-order valence-corrected chi connectivity index (χ4v) is 4.70. The monoisotopic (exact) mass is 552 g/mol. The largest absolute Gasteiger partial charge is 0.507 e. The number of rotatable bonds is 21. The van der Waals surface area contributed by atoms with Gasteiger partial charge in [0, 0.05) is 13.1 Å². The van der Waals surface area contributed by atoms with Crippen molar-refractivity contribution in [3.05, 3.63) is 90.6 Å². The highest BCUT2D eigenvalue weighted by molar-refractivity contribution is 8.00. The number of amides is 2. The summed E-state index contributed by atoms with van der Waals surface area (Å²) in [5.41, 5.74) is 0.232. The van der Waals surface area contributed by atoms with Gasteiger partial charge in [-0.2, -0.15) is 0 Å². The maximum absolute atomic E-state index is 12.5. The van der Waals surface area contributed by atoms with Gasteiger partial charge in [-0.15, -0.1) is 11.8 Å². The molecule has 0 bridgehead atoms. The zero-order chi connectivity index (χ0) is 28.4. The van der Waals surface area contributed by atoms with Gasteiger partial charge >= 0.3 is 0 Å². The number of phenols is 1. The van der Waals surface area contributed by atoms with Crippen LogP contribution in [0.5, 0.6) is 5.75 Å². The van der Waals surface area contributed by atoms with Gasteiger partial charge in [0.25, 0.3) is 5.91 Å². The highest BCUT2D eigenvalue weighted by Crippen LogP contribution is 2.17. The van der Waals surface area contributed by atoms with Crippen molar-refractivity contribution in [1.29, 1.82) is 0 Å². The third kappa shape index (κ3) is 18.0. The molecule has 0 aliphatic heterocycles. The van der Waals surface area contributed by atoms with Gasteiger partial charge in [0.2, 0.25) is 5.91 Å². The summed E-state index contributed by atoms with van der Waals surface area (Å²) in [6.45, 7) is 4.85. The standard InChI is InChI=1S/C33H48N2O3S/c1-3-5-6-7-8-9-10-11-12-13-14-15-16-17-18-19-20-23-28-39-31(4-2)33(38)35-27-26-34-32(37)29-24-21-22-25-30(29)36/h5-6,8-9,11-12,14-15,17-18,21-22,24-25,31,36H,3-4,7,10,13,16,19-20,23,26-28H2,1-2H3,(H,34,37)(H,35,38)/b6-5-,9-8-,12-11-,15-14-,18-17-. The van der Waals surface area contributed by atoms with E-state index >= 15 is 0 Å². The minimum Gasteiger partial charge on any atom is -0.507 e. The van der Waals surface area contributed by atoms with Crippen molar-refractivity contribution in [2.24, 2.45) is 0 Å². The molecule has 3 N–H and O–H groups in total. The molecule has 5 nitrogen and oxygen atoms in total. The molecule has 1 aromatic carbocycles. The molecule has 214 valence electrons. The van der Waals surface area contributed by atoms with E-state index in [2.05, 4.69) is 78.3 Å².